The van der Waals surface area contributed by atoms with Gasteiger partial charge in [0.25, 0.3) is 0 Å². The summed E-state index contributed by atoms with van der Waals surface area (Å²) in [4.78, 5) is 11.5. The fraction of sp³-hybridized carbons (Fsp3) is 0.611. The van der Waals surface area contributed by atoms with E-state index in [-0.39, 0.29) is 46.1 Å². The van der Waals surface area contributed by atoms with E-state index in [1.807, 2.05) is 41.5 Å². The van der Waals surface area contributed by atoms with Crippen molar-refractivity contribution in [2.45, 2.75) is 71.6 Å². The summed E-state index contributed by atoms with van der Waals surface area (Å²) in [5.41, 5.74) is 0.534. The van der Waals surface area contributed by atoms with Crippen molar-refractivity contribution < 1.29 is 44.6 Å². The van der Waals surface area contributed by atoms with E-state index >= 15 is 0 Å². The van der Waals surface area contributed by atoms with Crippen LogP contribution in [0.5, 0.6) is 5.75 Å². The van der Waals surface area contributed by atoms with E-state index in [9.17, 15) is 15.0 Å². The maximum absolute atomic E-state index is 11.5. The zero-order valence-electron chi connectivity index (χ0n) is 15.4. The molecule has 0 fully saturated rings. The number of carboxylic acid groups (broad SMARTS) is 1. The fourth-order valence-corrected chi connectivity index (χ4v) is 2.26. The zero-order valence-corrected chi connectivity index (χ0v) is 17.4. The summed E-state index contributed by atoms with van der Waals surface area (Å²) in [7, 11) is 0. The average Bonchev–Trinajstić information content (AvgIpc) is 2.25. The molecule has 3 nitrogen and oxygen atoms in total. The van der Waals surface area contributed by atoms with E-state index in [1.54, 1.807) is 26.0 Å². The van der Waals surface area contributed by atoms with Crippen LogP contribution in [0, 0.1) is 0 Å². The maximum atomic E-state index is 11.5. The van der Waals surface area contributed by atoms with Crippen LogP contribution in [0.1, 0.15) is 72.1 Å². The van der Waals surface area contributed by atoms with Crippen LogP contribution in [-0.2, 0) is 21.0 Å². The van der Waals surface area contributed by atoms with Crippen LogP contribution in [0.25, 0.3) is 0 Å². The summed E-state index contributed by atoms with van der Waals surface area (Å²) in [6.45, 7) is 15.3. The molecule has 0 spiro atoms. The molecule has 0 aliphatic carbocycles. The molecule has 1 rings (SSSR count). The third kappa shape index (κ3) is 4.27. The smallest absolute Gasteiger partial charge is 0.549 e. The Balaban J connectivity index is 0.00000441. The van der Waals surface area contributed by atoms with Gasteiger partial charge >= 0.3 is 29.6 Å². The number of benzene rings is 1. The molecule has 1 aromatic rings. The molecule has 0 unspecified atom stereocenters. The number of hydrogen-bond donors (Lipinski definition) is 1. The van der Waals surface area contributed by atoms with Crippen LogP contribution in [0.2, 0.25) is 0 Å². The van der Waals surface area contributed by atoms with Gasteiger partial charge in [-0.15, -0.1) is 0 Å². The monoisotopic (exact) mass is 314 g/mol. The molecule has 0 aromatic heterocycles. The van der Waals surface area contributed by atoms with Crippen molar-refractivity contribution >= 4 is 5.97 Å². The first-order chi connectivity index (χ1) is 9.19. The van der Waals surface area contributed by atoms with E-state index in [4.69, 9.17) is 0 Å². The number of phenols is 1. The summed E-state index contributed by atoms with van der Waals surface area (Å²) >= 11 is 0. The molecule has 0 bridgehead atoms. The first-order valence-corrected chi connectivity index (χ1v) is 7.29. The normalized spacial score (nSPS) is 12.7. The Hall–Kier alpha value is -0.510. The standard InChI is InChI=1S/C18H28O3.Na/c1-16(2,3)12-9-11(18(7,8)15(20)21)10-13(14(12)19)17(4,5)6;/h9-10,19H,1-8H3,(H,20,21);/q;+1/p-1. The summed E-state index contributed by atoms with van der Waals surface area (Å²) in [6, 6.07) is 3.58. The average molecular weight is 314 g/mol. The predicted molar refractivity (Wildman–Crippen MR) is 83.5 cm³/mol. The molecule has 0 aliphatic heterocycles. The number of phenolic OH excluding ortho intramolecular Hbond substituents is 1. The van der Waals surface area contributed by atoms with Crippen LogP contribution in [0.4, 0.5) is 0 Å². The molecule has 22 heavy (non-hydrogen) atoms. The SMILES string of the molecule is CC(C)(C)c1cc(C(C)(C)C(=O)[O-])cc(C(C)(C)C)c1O.[Na+]. The van der Waals surface area contributed by atoms with E-state index < -0.39 is 11.4 Å². The maximum Gasteiger partial charge on any atom is 1.00 e. The first-order valence-electron chi connectivity index (χ1n) is 7.29. The number of rotatable bonds is 2. The number of hydrogen-bond acceptors (Lipinski definition) is 3. The summed E-state index contributed by atoms with van der Waals surface area (Å²) in [6.07, 6.45) is 0. The molecule has 0 aliphatic rings. The second-order valence-electron chi connectivity index (χ2n) is 8.33. The second kappa shape index (κ2) is 6.54. The van der Waals surface area contributed by atoms with Crippen molar-refractivity contribution in [3.8, 4) is 5.75 Å². The Labute approximate surface area is 156 Å². The molecule has 1 aromatic carbocycles. The van der Waals surface area contributed by atoms with Gasteiger partial charge in [-0.1, -0.05) is 67.5 Å². The second-order valence-corrected chi connectivity index (χ2v) is 8.33. The van der Waals surface area contributed by atoms with Gasteiger partial charge in [0.05, 0.1) is 5.97 Å². The van der Waals surface area contributed by atoms with Gasteiger partial charge in [0.15, 0.2) is 0 Å². The van der Waals surface area contributed by atoms with Crippen molar-refractivity contribution in [2.24, 2.45) is 0 Å². The molecule has 0 radical (unpaired) electrons. The van der Waals surface area contributed by atoms with Gasteiger partial charge in [-0.25, -0.2) is 0 Å². The number of aromatic hydroxyl groups is 1. The Bertz CT molecular complexity index is 526. The van der Waals surface area contributed by atoms with Crippen LogP contribution in [-0.4, -0.2) is 11.1 Å². The van der Waals surface area contributed by atoms with E-state index in [1.165, 1.54) is 0 Å². The Morgan fingerprint density at radius 1 is 0.909 bits per heavy atom. The third-order valence-corrected chi connectivity index (χ3v) is 3.96. The molecule has 0 heterocycles. The molecule has 118 valence electrons. The first kappa shape index (κ1) is 21.5. The minimum absolute atomic E-state index is 0. The van der Waals surface area contributed by atoms with Crippen molar-refractivity contribution in [3.05, 3.63) is 28.8 Å². The summed E-state index contributed by atoms with van der Waals surface area (Å²) < 4.78 is 0. The molecule has 1 N–H and O–H groups in total. The molecule has 0 atom stereocenters. The number of carbonyl (C=O) groups is 1. The van der Waals surface area contributed by atoms with Crippen molar-refractivity contribution in [2.75, 3.05) is 0 Å². The molecule has 0 amide bonds. The van der Waals surface area contributed by atoms with Gasteiger partial charge in [0.1, 0.15) is 5.75 Å². The van der Waals surface area contributed by atoms with Gasteiger partial charge in [0.2, 0.25) is 0 Å². The van der Waals surface area contributed by atoms with E-state index in [0.29, 0.717) is 5.56 Å². The van der Waals surface area contributed by atoms with Crippen LogP contribution < -0.4 is 34.7 Å². The van der Waals surface area contributed by atoms with Crippen LogP contribution >= 0.6 is 0 Å². The van der Waals surface area contributed by atoms with E-state index in [0.717, 1.165) is 11.1 Å². The zero-order chi connectivity index (χ0) is 16.8. The predicted octanol–water partition coefficient (Wildman–Crippen LogP) is 0.0187. The van der Waals surface area contributed by atoms with Crippen molar-refractivity contribution in [1.29, 1.82) is 0 Å². The van der Waals surface area contributed by atoms with Gasteiger partial charge in [-0.2, -0.15) is 0 Å². The summed E-state index contributed by atoms with van der Waals surface area (Å²) in [5.74, 6) is -0.860. The topological polar surface area (TPSA) is 60.4 Å². The Morgan fingerprint density at radius 2 is 1.23 bits per heavy atom. The largest absolute Gasteiger partial charge is 1.00 e. The molecule has 4 heteroatoms. The number of carboxylic acids is 1. The molecular weight excluding hydrogens is 287 g/mol. The number of aliphatic carboxylic acids is 1. The Kier molecular flexibility index (Phi) is 6.39. The van der Waals surface area contributed by atoms with Crippen molar-refractivity contribution in [3.63, 3.8) is 0 Å². The van der Waals surface area contributed by atoms with Crippen molar-refractivity contribution in [1.82, 2.24) is 0 Å². The van der Waals surface area contributed by atoms with Gasteiger partial charge < -0.3 is 15.0 Å². The van der Waals surface area contributed by atoms with E-state index in [2.05, 4.69) is 0 Å². The van der Waals surface area contributed by atoms with Gasteiger partial charge in [0, 0.05) is 5.41 Å². The van der Waals surface area contributed by atoms with Gasteiger partial charge in [-0.05, 0) is 27.5 Å². The molecular formula is C18H27NaO3. The molecule has 0 saturated carbocycles. The Morgan fingerprint density at radius 3 is 1.45 bits per heavy atom. The minimum Gasteiger partial charge on any atom is -0.549 e. The quantitative estimate of drug-likeness (QED) is 0.783. The van der Waals surface area contributed by atoms with Crippen LogP contribution in [0.3, 0.4) is 0 Å². The molecule has 0 saturated heterocycles. The number of carbonyl (C=O) groups excluding carboxylic acids is 1. The van der Waals surface area contributed by atoms with Crippen LogP contribution in [0.15, 0.2) is 12.1 Å². The summed E-state index contributed by atoms with van der Waals surface area (Å²) in [5, 5.41) is 22.1. The van der Waals surface area contributed by atoms with Gasteiger partial charge in [-0.3, -0.25) is 0 Å². The third-order valence-electron chi connectivity index (χ3n) is 3.96. The minimum atomic E-state index is -1.12. The fourth-order valence-electron chi connectivity index (χ4n) is 2.26.